The minimum absolute atomic E-state index is 0.164. The first-order valence-electron chi connectivity index (χ1n) is 9.74. The molecule has 0 spiro atoms. The number of hydrogen-bond acceptors (Lipinski definition) is 4. The van der Waals surface area contributed by atoms with Gasteiger partial charge in [0.15, 0.2) is 0 Å². The Morgan fingerprint density at radius 3 is 2.23 bits per heavy atom. The maximum Gasteiger partial charge on any atom is 0.244 e. The number of carbonyl (C=O) groups is 2. The molecule has 0 aromatic heterocycles. The van der Waals surface area contributed by atoms with Gasteiger partial charge in [-0.3, -0.25) is 13.9 Å². The molecule has 168 valence electrons. The van der Waals surface area contributed by atoms with Crippen LogP contribution in [0.15, 0.2) is 46.9 Å². The van der Waals surface area contributed by atoms with Crippen molar-refractivity contribution in [2.75, 3.05) is 24.2 Å². The number of amides is 2. The summed E-state index contributed by atoms with van der Waals surface area (Å²) in [5.74, 6) is -0.804. The predicted octanol–water partition coefficient (Wildman–Crippen LogP) is 3.00. The van der Waals surface area contributed by atoms with E-state index in [2.05, 4.69) is 21.2 Å². The fraction of sp³-hybridized carbons (Fsp3) is 0.364. The Morgan fingerprint density at radius 1 is 1.10 bits per heavy atom. The Balaban J connectivity index is 2.42. The van der Waals surface area contributed by atoms with Crippen molar-refractivity contribution in [1.82, 2.24) is 10.2 Å². The summed E-state index contributed by atoms with van der Waals surface area (Å²) in [6, 6.07) is 12.0. The standard InChI is InChI=1S/C22H28BrN3O4S/c1-15-9-16(2)11-20(10-15)26(31(5,29)30)14-21(27)25(17(3)22(28)24-4)13-18-7-6-8-19(23)12-18/h6-12,17H,13-14H2,1-5H3,(H,24,28). The number of hydrogen-bond donors (Lipinski definition) is 1. The van der Waals surface area contributed by atoms with E-state index >= 15 is 0 Å². The second-order valence-corrected chi connectivity index (χ2v) is 10.4. The first-order chi connectivity index (χ1) is 14.4. The Bertz CT molecular complexity index is 1050. The Morgan fingerprint density at radius 2 is 1.71 bits per heavy atom. The number of nitrogens with one attached hydrogen (secondary N) is 1. The molecule has 2 aromatic rings. The lowest BCUT2D eigenvalue weighted by Crippen LogP contribution is -2.50. The molecule has 0 aliphatic rings. The van der Waals surface area contributed by atoms with E-state index < -0.39 is 28.5 Å². The average Bonchev–Trinajstić information content (AvgIpc) is 2.67. The first kappa shape index (κ1) is 24.9. The van der Waals surface area contributed by atoms with Crippen molar-refractivity contribution < 1.29 is 18.0 Å². The smallest absolute Gasteiger partial charge is 0.244 e. The molecule has 0 fully saturated rings. The van der Waals surface area contributed by atoms with Gasteiger partial charge in [-0.15, -0.1) is 0 Å². The molecule has 9 heteroatoms. The fourth-order valence-electron chi connectivity index (χ4n) is 3.33. The molecule has 0 saturated carbocycles. The van der Waals surface area contributed by atoms with Gasteiger partial charge >= 0.3 is 0 Å². The molecule has 1 unspecified atom stereocenters. The Labute approximate surface area is 192 Å². The highest BCUT2D eigenvalue weighted by Crippen LogP contribution is 2.22. The highest BCUT2D eigenvalue weighted by molar-refractivity contribution is 9.10. The monoisotopic (exact) mass is 509 g/mol. The SMILES string of the molecule is CNC(=O)C(C)N(Cc1cccc(Br)c1)C(=O)CN(c1cc(C)cc(C)c1)S(C)(=O)=O. The van der Waals surface area contributed by atoms with Crippen LogP contribution < -0.4 is 9.62 Å². The molecule has 2 rings (SSSR count). The molecule has 0 saturated heterocycles. The molecule has 0 aliphatic carbocycles. The third-order valence-electron chi connectivity index (χ3n) is 4.83. The van der Waals surface area contributed by atoms with E-state index in [1.807, 2.05) is 44.2 Å². The summed E-state index contributed by atoms with van der Waals surface area (Å²) in [5, 5.41) is 2.55. The van der Waals surface area contributed by atoms with E-state index in [9.17, 15) is 18.0 Å². The molecule has 0 heterocycles. The van der Waals surface area contributed by atoms with Gasteiger partial charge in [-0.25, -0.2) is 8.42 Å². The molecular formula is C22H28BrN3O4S. The van der Waals surface area contributed by atoms with Crippen molar-refractivity contribution in [2.45, 2.75) is 33.4 Å². The zero-order valence-electron chi connectivity index (χ0n) is 18.3. The van der Waals surface area contributed by atoms with E-state index in [-0.39, 0.29) is 12.5 Å². The van der Waals surface area contributed by atoms with Gasteiger partial charge in [0.05, 0.1) is 11.9 Å². The van der Waals surface area contributed by atoms with Crippen LogP contribution in [0.1, 0.15) is 23.6 Å². The molecular weight excluding hydrogens is 482 g/mol. The number of carbonyl (C=O) groups excluding carboxylic acids is 2. The molecule has 1 N–H and O–H groups in total. The average molecular weight is 510 g/mol. The van der Waals surface area contributed by atoms with E-state index in [4.69, 9.17) is 0 Å². The lowest BCUT2D eigenvalue weighted by atomic mass is 10.1. The van der Waals surface area contributed by atoms with Crippen LogP contribution in [0.25, 0.3) is 0 Å². The summed E-state index contributed by atoms with van der Waals surface area (Å²) in [6.45, 7) is 5.11. The van der Waals surface area contributed by atoms with Crippen molar-refractivity contribution >= 4 is 43.5 Å². The van der Waals surface area contributed by atoms with Gasteiger partial charge < -0.3 is 10.2 Å². The largest absolute Gasteiger partial charge is 0.357 e. The van der Waals surface area contributed by atoms with Gasteiger partial charge in [0.2, 0.25) is 21.8 Å². The van der Waals surface area contributed by atoms with Crippen molar-refractivity contribution in [2.24, 2.45) is 0 Å². The zero-order chi connectivity index (χ0) is 23.3. The van der Waals surface area contributed by atoms with Crippen LogP contribution in [0, 0.1) is 13.8 Å². The minimum Gasteiger partial charge on any atom is -0.357 e. The second kappa shape index (κ2) is 10.3. The van der Waals surface area contributed by atoms with Gasteiger partial charge in [0.25, 0.3) is 0 Å². The molecule has 0 radical (unpaired) electrons. The van der Waals surface area contributed by atoms with Crippen LogP contribution in [-0.4, -0.2) is 51.0 Å². The van der Waals surface area contributed by atoms with Crippen LogP contribution in [0.3, 0.4) is 0 Å². The number of benzene rings is 2. The molecule has 2 amide bonds. The van der Waals surface area contributed by atoms with E-state index in [1.165, 1.54) is 11.9 Å². The lowest BCUT2D eigenvalue weighted by Gasteiger charge is -2.31. The summed E-state index contributed by atoms with van der Waals surface area (Å²) < 4.78 is 27.0. The number of likely N-dealkylation sites (N-methyl/N-ethyl adjacent to an activating group) is 1. The summed E-state index contributed by atoms with van der Waals surface area (Å²) in [7, 11) is -2.23. The van der Waals surface area contributed by atoms with Gasteiger partial charge in [0.1, 0.15) is 12.6 Å². The van der Waals surface area contributed by atoms with Gasteiger partial charge in [-0.1, -0.05) is 34.1 Å². The van der Waals surface area contributed by atoms with Crippen molar-refractivity contribution in [3.8, 4) is 0 Å². The van der Waals surface area contributed by atoms with Crippen LogP contribution in [0.4, 0.5) is 5.69 Å². The molecule has 2 aromatic carbocycles. The van der Waals surface area contributed by atoms with Crippen molar-refractivity contribution in [1.29, 1.82) is 0 Å². The van der Waals surface area contributed by atoms with E-state index in [0.29, 0.717) is 5.69 Å². The maximum atomic E-state index is 13.3. The topological polar surface area (TPSA) is 86.8 Å². The van der Waals surface area contributed by atoms with E-state index in [0.717, 1.165) is 31.7 Å². The third-order valence-corrected chi connectivity index (χ3v) is 6.46. The van der Waals surface area contributed by atoms with Crippen LogP contribution in [-0.2, 0) is 26.2 Å². The van der Waals surface area contributed by atoms with Gasteiger partial charge in [-0.2, -0.15) is 0 Å². The molecule has 7 nitrogen and oxygen atoms in total. The molecule has 1 atom stereocenters. The molecule has 0 aliphatic heterocycles. The summed E-state index contributed by atoms with van der Waals surface area (Å²) in [5.41, 5.74) is 3.01. The number of anilines is 1. The lowest BCUT2D eigenvalue weighted by molar-refractivity contribution is -0.139. The predicted molar refractivity (Wildman–Crippen MR) is 126 cm³/mol. The summed E-state index contributed by atoms with van der Waals surface area (Å²) in [6.07, 6.45) is 1.07. The minimum atomic E-state index is -3.73. The number of sulfonamides is 1. The summed E-state index contributed by atoms with van der Waals surface area (Å²) in [4.78, 5) is 27.0. The van der Waals surface area contributed by atoms with Crippen LogP contribution >= 0.6 is 15.9 Å². The van der Waals surface area contributed by atoms with Gasteiger partial charge in [-0.05, 0) is 61.7 Å². The van der Waals surface area contributed by atoms with Gasteiger partial charge in [0, 0.05) is 18.1 Å². The van der Waals surface area contributed by atoms with Crippen LogP contribution in [0.2, 0.25) is 0 Å². The fourth-order valence-corrected chi connectivity index (χ4v) is 4.61. The maximum absolute atomic E-state index is 13.3. The Kier molecular flexibility index (Phi) is 8.25. The number of rotatable bonds is 8. The number of nitrogens with zero attached hydrogens (tertiary/aromatic N) is 2. The van der Waals surface area contributed by atoms with Crippen molar-refractivity contribution in [3.63, 3.8) is 0 Å². The Hall–Kier alpha value is -2.39. The third kappa shape index (κ3) is 6.80. The number of aryl methyl sites for hydroxylation is 2. The highest BCUT2D eigenvalue weighted by Gasteiger charge is 2.29. The summed E-state index contributed by atoms with van der Waals surface area (Å²) >= 11 is 3.41. The van der Waals surface area contributed by atoms with E-state index in [1.54, 1.807) is 19.1 Å². The number of halogens is 1. The molecule has 0 bridgehead atoms. The van der Waals surface area contributed by atoms with Crippen LogP contribution in [0.5, 0.6) is 0 Å². The normalized spacial score (nSPS) is 12.2. The first-order valence-corrected chi connectivity index (χ1v) is 12.4. The second-order valence-electron chi connectivity index (χ2n) is 7.56. The molecule has 31 heavy (non-hydrogen) atoms. The zero-order valence-corrected chi connectivity index (χ0v) is 20.7. The van der Waals surface area contributed by atoms with Crippen molar-refractivity contribution in [3.05, 3.63) is 63.6 Å². The highest BCUT2D eigenvalue weighted by atomic mass is 79.9. The quantitative estimate of drug-likeness (QED) is 0.592.